The summed E-state index contributed by atoms with van der Waals surface area (Å²) in [5.74, 6) is 1.57. The van der Waals surface area contributed by atoms with Gasteiger partial charge in [-0.15, -0.1) is 0 Å². The van der Waals surface area contributed by atoms with Gasteiger partial charge in [-0.1, -0.05) is 12.1 Å². The Balaban J connectivity index is 1.89. The van der Waals surface area contributed by atoms with E-state index in [0.29, 0.717) is 13.2 Å². The van der Waals surface area contributed by atoms with E-state index in [1.165, 1.54) is 0 Å². The Morgan fingerprint density at radius 3 is 2.61 bits per heavy atom. The number of morpholine rings is 1. The molecule has 2 atom stereocenters. The molecular formula is C14H21NO3. The van der Waals surface area contributed by atoms with Crippen LogP contribution in [0.2, 0.25) is 0 Å². The smallest absolute Gasteiger partial charge is 0.161 e. The molecule has 2 unspecified atom stereocenters. The molecule has 4 heteroatoms. The van der Waals surface area contributed by atoms with Crippen molar-refractivity contribution in [1.29, 1.82) is 0 Å². The van der Waals surface area contributed by atoms with Crippen molar-refractivity contribution in [3.05, 3.63) is 24.3 Å². The molecule has 0 aliphatic carbocycles. The number of nitrogens with one attached hydrogen (secondary N) is 1. The highest BCUT2D eigenvalue weighted by molar-refractivity contribution is 5.39. The Hall–Kier alpha value is -1.26. The molecule has 4 nitrogen and oxygen atoms in total. The Kier molecular flexibility index (Phi) is 4.84. The van der Waals surface area contributed by atoms with Crippen LogP contribution < -0.4 is 14.8 Å². The second-order valence-corrected chi connectivity index (χ2v) is 4.42. The number of para-hydroxylation sites is 2. The summed E-state index contributed by atoms with van der Waals surface area (Å²) in [5, 5.41) is 3.32. The molecule has 0 radical (unpaired) electrons. The first-order chi connectivity index (χ1) is 8.79. The van der Waals surface area contributed by atoms with E-state index in [1.54, 1.807) is 0 Å². The van der Waals surface area contributed by atoms with Crippen molar-refractivity contribution >= 4 is 0 Å². The lowest BCUT2D eigenvalue weighted by Crippen LogP contribution is -2.45. The Morgan fingerprint density at radius 1 is 1.22 bits per heavy atom. The minimum atomic E-state index is 0.100. The summed E-state index contributed by atoms with van der Waals surface area (Å²) in [6.45, 7) is 6.95. The van der Waals surface area contributed by atoms with Crippen LogP contribution >= 0.6 is 0 Å². The summed E-state index contributed by atoms with van der Waals surface area (Å²) in [5.41, 5.74) is 0. The van der Waals surface area contributed by atoms with Crippen molar-refractivity contribution < 1.29 is 14.2 Å². The molecule has 0 spiro atoms. The summed E-state index contributed by atoms with van der Waals surface area (Å²) < 4.78 is 17.1. The number of hydrogen-bond acceptors (Lipinski definition) is 4. The number of ether oxygens (including phenoxy) is 3. The lowest BCUT2D eigenvalue weighted by atomic mass is 10.2. The predicted octanol–water partition coefficient (Wildman–Crippen LogP) is 1.84. The van der Waals surface area contributed by atoms with Gasteiger partial charge in [0.05, 0.1) is 12.7 Å². The van der Waals surface area contributed by atoms with E-state index in [2.05, 4.69) is 12.2 Å². The SMILES string of the molecule is CCOc1ccccc1OCC1CNCC(C)O1. The molecule has 1 aromatic rings. The molecule has 1 aliphatic heterocycles. The van der Waals surface area contributed by atoms with Gasteiger partial charge in [0.2, 0.25) is 0 Å². The van der Waals surface area contributed by atoms with Crippen LogP contribution in [0.4, 0.5) is 0 Å². The molecule has 0 bridgehead atoms. The first kappa shape index (κ1) is 13.2. The standard InChI is InChI=1S/C14H21NO3/c1-3-16-13-6-4-5-7-14(13)17-10-12-9-15-8-11(2)18-12/h4-7,11-12,15H,3,8-10H2,1-2H3. The molecule has 0 aromatic heterocycles. The summed E-state index contributed by atoms with van der Waals surface area (Å²) in [4.78, 5) is 0. The van der Waals surface area contributed by atoms with Gasteiger partial charge in [-0.05, 0) is 26.0 Å². The van der Waals surface area contributed by atoms with E-state index in [4.69, 9.17) is 14.2 Å². The van der Waals surface area contributed by atoms with Crippen molar-refractivity contribution in [3.8, 4) is 11.5 Å². The van der Waals surface area contributed by atoms with E-state index in [-0.39, 0.29) is 12.2 Å². The van der Waals surface area contributed by atoms with Gasteiger partial charge in [0.15, 0.2) is 11.5 Å². The minimum absolute atomic E-state index is 0.100. The lowest BCUT2D eigenvalue weighted by molar-refractivity contribution is -0.0473. The van der Waals surface area contributed by atoms with Gasteiger partial charge in [-0.3, -0.25) is 0 Å². The van der Waals surface area contributed by atoms with E-state index in [1.807, 2.05) is 31.2 Å². The van der Waals surface area contributed by atoms with Crippen LogP contribution in [-0.2, 0) is 4.74 Å². The van der Waals surface area contributed by atoms with Gasteiger partial charge in [0.25, 0.3) is 0 Å². The molecule has 0 saturated carbocycles. The average Bonchev–Trinajstić information content (AvgIpc) is 2.38. The van der Waals surface area contributed by atoms with Gasteiger partial charge in [0.1, 0.15) is 12.7 Å². The molecule has 0 amide bonds. The van der Waals surface area contributed by atoms with Crippen LogP contribution in [0.3, 0.4) is 0 Å². The molecule has 1 N–H and O–H groups in total. The maximum atomic E-state index is 5.79. The molecule has 1 saturated heterocycles. The van der Waals surface area contributed by atoms with E-state index >= 15 is 0 Å². The molecule has 1 fully saturated rings. The van der Waals surface area contributed by atoms with Crippen molar-refractivity contribution in [2.24, 2.45) is 0 Å². The first-order valence-electron chi connectivity index (χ1n) is 6.50. The molecule has 1 aliphatic rings. The highest BCUT2D eigenvalue weighted by Gasteiger charge is 2.19. The maximum Gasteiger partial charge on any atom is 0.161 e. The van der Waals surface area contributed by atoms with Gasteiger partial charge in [-0.25, -0.2) is 0 Å². The zero-order chi connectivity index (χ0) is 12.8. The predicted molar refractivity (Wildman–Crippen MR) is 70.3 cm³/mol. The van der Waals surface area contributed by atoms with Crippen molar-refractivity contribution in [1.82, 2.24) is 5.32 Å². The van der Waals surface area contributed by atoms with Crippen molar-refractivity contribution in [2.75, 3.05) is 26.3 Å². The normalized spacial score (nSPS) is 23.7. The fraction of sp³-hybridized carbons (Fsp3) is 0.571. The topological polar surface area (TPSA) is 39.7 Å². The van der Waals surface area contributed by atoms with Crippen LogP contribution in [0.25, 0.3) is 0 Å². The maximum absolute atomic E-state index is 5.79. The molecular weight excluding hydrogens is 230 g/mol. The zero-order valence-electron chi connectivity index (χ0n) is 11.0. The summed E-state index contributed by atoms with van der Waals surface area (Å²) in [6.07, 6.45) is 0.345. The monoisotopic (exact) mass is 251 g/mol. The highest BCUT2D eigenvalue weighted by atomic mass is 16.6. The third-order valence-corrected chi connectivity index (χ3v) is 2.80. The number of hydrogen-bond donors (Lipinski definition) is 1. The Labute approximate surface area is 108 Å². The summed E-state index contributed by atoms with van der Waals surface area (Å²) in [6, 6.07) is 7.73. The zero-order valence-corrected chi connectivity index (χ0v) is 11.0. The summed E-state index contributed by atoms with van der Waals surface area (Å²) in [7, 11) is 0. The summed E-state index contributed by atoms with van der Waals surface area (Å²) >= 11 is 0. The fourth-order valence-corrected chi connectivity index (χ4v) is 2.00. The number of rotatable bonds is 5. The molecule has 18 heavy (non-hydrogen) atoms. The van der Waals surface area contributed by atoms with Crippen LogP contribution in [0.5, 0.6) is 11.5 Å². The Morgan fingerprint density at radius 2 is 1.94 bits per heavy atom. The second-order valence-electron chi connectivity index (χ2n) is 4.42. The third-order valence-electron chi connectivity index (χ3n) is 2.80. The van der Waals surface area contributed by atoms with Crippen LogP contribution in [0, 0.1) is 0 Å². The Bertz CT molecular complexity index is 370. The number of benzene rings is 1. The molecule has 2 rings (SSSR count). The van der Waals surface area contributed by atoms with Gasteiger partial charge in [-0.2, -0.15) is 0 Å². The first-order valence-corrected chi connectivity index (χ1v) is 6.50. The van der Waals surface area contributed by atoms with Gasteiger partial charge in [0, 0.05) is 13.1 Å². The van der Waals surface area contributed by atoms with Gasteiger partial charge >= 0.3 is 0 Å². The van der Waals surface area contributed by atoms with E-state index in [9.17, 15) is 0 Å². The lowest BCUT2D eigenvalue weighted by Gasteiger charge is -2.28. The van der Waals surface area contributed by atoms with Crippen molar-refractivity contribution in [2.45, 2.75) is 26.1 Å². The fourth-order valence-electron chi connectivity index (χ4n) is 2.00. The van der Waals surface area contributed by atoms with Crippen LogP contribution in [0.15, 0.2) is 24.3 Å². The quantitative estimate of drug-likeness (QED) is 0.867. The largest absolute Gasteiger partial charge is 0.490 e. The molecule has 1 aromatic carbocycles. The highest BCUT2D eigenvalue weighted by Crippen LogP contribution is 2.26. The van der Waals surface area contributed by atoms with Gasteiger partial charge < -0.3 is 19.5 Å². The molecule has 1 heterocycles. The third kappa shape index (κ3) is 3.62. The average molecular weight is 251 g/mol. The molecule has 100 valence electrons. The van der Waals surface area contributed by atoms with Crippen LogP contribution in [0.1, 0.15) is 13.8 Å². The van der Waals surface area contributed by atoms with Crippen molar-refractivity contribution in [3.63, 3.8) is 0 Å². The minimum Gasteiger partial charge on any atom is -0.490 e. The second kappa shape index (κ2) is 6.61. The van der Waals surface area contributed by atoms with Crippen LogP contribution in [-0.4, -0.2) is 38.5 Å². The van der Waals surface area contributed by atoms with E-state index < -0.39 is 0 Å². The van der Waals surface area contributed by atoms with E-state index in [0.717, 1.165) is 24.6 Å².